The average Bonchev–Trinajstić information content (AvgIpc) is 3.23. The average molecular weight is 515 g/mol. The third kappa shape index (κ3) is 4.72. The monoisotopic (exact) mass is 514 g/mol. The van der Waals surface area contributed by atoms with Crippen LogP contribution in [0.4, 0.5) is 10.1 Å². The number of fused-ring (bicyclic) bond motifs is 1. The highest BCUT2D eigenvalue weighted by atomic mass is 19.1. The standard InChI is InChI=1S/C29H31FN6O2/c1-31-21-10-14-36(27(37)16-21)26-7-11-32-28-24(26)17-22(34(28)4)18-35-12-8-19(9-13-35)23-6-5-20(15-25(23)30)29(38)33(2)3/h5-8,10-11,14-17,31H,9,12-13,18H2,1-4H3. The van der Waals surface area contributed by atoms with E-state index in [2.05, 4.69) is 31.9 Å². The first kappa shape index (κ1) is 25.4. The van der Waals surface area contributed by atoms with Crippen LogP contribution in [-0.4, -0.2) is 64.1 Å². The van der Waals surface area contributed by atoms with Crippen LogP contribution >= 0.6 is 0 Å². The Morgan fingerprint density at radius 1 is 1.16 bits per heavy atom. The third-order valence-electron chi connectivity index (χ3n) is 7.12. The first-order valence-corrected chi connectivity index (χ1v) is 12.5. The zero-order chi connectivity index (χ0) is 27.0. The Balaban J connectivity index is 1.36. The van der Waals surface area contributed by atoms with Gasteiger partial charge in [-0.05, 0) is 42.3 Å². The van der Waals surface area contributed by atoms with E-state index in [0.717, 1.165) is 40.2 Å². The summed E-state index contributed by atoms with van der Waals surface area (Å²) in [6, 6.07) is 12.1. The summed E-state index contributed by atoms with van der Waals surface area (Å²) < 4.78 is 18.6. The van der Waals surface area contributed by atoms with Gasteiger partial charge >= 0.3 is 0 Å². The highest BCUT2D eigenvalue weighted by molar-refractivity contribution is 5.94. The van der Waals surface area contributed by atoms with E-state index in [4.69, 9.17) is 0 Å². The van der Waals surface area contributed by atoms with Gasteiger partial charge in [0.2, 0.25) is 0 Å². The molecule has 8 nitrogen and oxygen atoms in total. The minimum absolute atomic E-state index is 0.116. The van der Waals surface area contributed by atoms with Gasteiger partial charge in [-0.25, -0.2) is 9.37 Å². The van der Waals surface area contributed by atoms with E-state index in [1.165, 1.54) is 11.0 Å². The Morgan fingerprint density at radius 3 is 2.63 bits per heavy atom. The van der Waals surface area contributed by atoms with Gasteiger partial charge in [0.15, 0.2) is 0 Å². The van der Waals surface area contributed by atoms with Crippen molar-refractivity contribution in [3.8, 4) is 5.69 Å². The molecule has 5 rings (SSSR count). The molecule has 0 unspecified atom stereocenters. The molecule has 0 aliphatic carbocycles. The Labute approximate surface area is 220 Å². The Kier molecular flexibility index (Phi) is 6.86. The Morgan fingerprint density at radius 2 is 1.97 bits per heavy atom. The molecule has 0 radical (unpaired) electrons. The molecule has 4 aromatic rings. The number of aromatic nitrogens is 3. The molecular weight excluding hydrogens is 483 g/mol. The van der Waals surface area contributed by atoms with Crippen molar-refractivity contribution in [1.82, 2.24) is 23.9 Å². The fourth-order valence-electron chi connectivity index (χ4n) is 4.95. The van der Waals surface area contributed by atoms with Crippen molar-refractivity contribution in [1.29, 1.82) is 0 Å². The molecule has 0 spiro atoms. The molecule has 1 amide bonds. The molecule has 3 aromatic heterocycles. The summed E-state index contributed by atoms with van der Waals surface area (Å²) in [7, 11) is 7.08. The summed E-state index contributed by atoms with van der Waals surface area (Å²) in [5, 5.41) is 3.90. The van der Waals surface area contributed by atoms with Gasteiger partial charge < -0.3 is 14.8 Å². The minimum Gasteiger partial charge on any atom is -0.388 e. The largest absolute Gasteiger partial charge is 0.388 e. The molecule has 0 saturated carbocycles. The zero-order valence-corrected chi connectivity index (χ0v) is 22.0. The number of carbonyl (C=O) groups excluding carboxylic acids is 1. The van der Waals surface area contributed by atoms with E-state index in [-0.39, 0.29) is 17.3 Å². The second kappa shape index (κ2) is 10.3. The fraction of sp³-hybridized carbons (Fsp3) is 0.276. The number of rotatable bonds is 6. The maximum absolute atomic E-state index is 14.9. The summed E-state index contributed by atoms with van der Waals surface area (Å²) in [6.45, 7) is 2.15. The number of carbonyl (C=O) groups is 1. The number of hydrogen-bond donors (Lipinski definition) is 1. The number of benzene rings is 1. The lowest BCUT2D eigenvalue weighted by Crippen LogP contribution is -2.29. The Hall–Kier alpha value is -4.24. The van der Waals surface area contributed by atoms with Crippen LogP contribution in [-0.2, 0) is 13.6 Å². The molecule has 4 heterocycles. The molecule has 0 fully saturated rings. The van der Waals surface area contributed by atoms with Crippen molar-refractivity contribution in [2.45, 2.75) is 13.0 Å². The molecule has 38 heavy (non-hydrogen) atoms. The number of hydrogen-bond acceptors (Lipinski definition) is 5. The van der Waals surface area contributed by atoms with Gasteiger partial charge in [-0.15, -0.1) is 0 Å². The smallest absolute Gasteiger partial charge is 0.257 e. The topological polar surface area (TPSA) is 75.4 Å². The van der Waals surface area contributed by atoms with Crippen LogP contribution in [0.25, 0.3) is 22.3 Å². The maximum Gasteiger partial charge on any atom is 0.257 e. The molecule has 0 bridgehead atoms. The number of halogens is 1. The van der Waals surface area contributed by atoms with Crippen molar-refractivity contribution >= 4 is 28.2 Å². The fourth-order valence-corrected chi connectivity index (χ4v) is 4.95. The summed E-state index contributed by atoms with van der Waals surface area (Å²) >= 11 is 0. The first-order chi connectivity index (χ1) is 18.3. The molecule has 1 N–H and O–H groups in total. The molecule has 9 heteroatoms. The van der Waals surface area contributed by atoms with Crippen molar-refractivity contribution in [3.05, 3.63) is 93.9 Å². The van der Waals surface area contributed by atoms with Crippen LogP contribution < -0.4 is 10.9 Å². The lowest BCUT2D eigenvalue weighted by Gasteiger charge is -2.26. The number of nitrogens with one attached hydrogen (secondary N) is 1. The summed E-state index contributed by atoms with van der Waals surface area (Å²) in [4.78, 5) is 33.2. The van der Waals surface area contributed by atoms with Crippen LogP contribution in [0.3, 0.4) is 0 Å². The molecule has 1 aliphatic rings. The molecule has 196 valence electrons. The quantitative estimate of drug-likeness (QED) is 0.423. The van der Waals surface area contributed by atoms with Crippen LogP contribution in [0.2, 0.25) is 0 Å². The maximum atomic E-state index is 14.9. The van der Waals surface area contributed by atoms with Gasteiger partial charge in [0.05, 0.1) is 5.69 Å². The van der Waals surface area contributed by atoms with E-state index >= 15 is 0 Å². The van der Waals surface area contributed by atoms with E-state index in [0.29, 0.717) is 30.6 Å². The van der Waals surface area contributed by atoms with Crippen molar-refractivity contribution in [2.24, 2.45) is 7.05 Å². The summed E-state index contributed by atoms with van der Waals surface area (Å²) in [6.07, 6.45) is 6.26. The van der Waals surface area contributed by atoms with Gasteiger partial charge in [0.1, 0.15) is 11.5 Å². The van der Waals surface area contributed by atoms with Crippen LogP contribution in [0.1, 0.15) is 28.0 Å². The number of aryl methyl sites for hydroxylation is 1. The third-order valence-corrected chi connectivity index (χ3v) is 7.12. The lowest BCUT2D eigenvalue weighted by molar-refractivity contribution is 0.0827. The zero-order valence-electron chi connectivity index (χ0n) is 22.0. The van der Waals surface area contributed by atoms with E-state index < -0.39 is 0 Å². The highest BCUT2D eigenvalue weighted by Crippen LogP contribution is 2.28. The van der Waals surface area contributed by atoms with Crippen LogP contribution in [0.15, 0.2) is 65.7 Å². The SMILES string of the molecule is CNc1ccn(-c2ccnc3c2cc(CN2CC=C(c4ccc(C(=O)N(C)C)cc4F)CC2)n3C)c(=O)c1. The van der Waals surface area contributed by atoms with Gasteiger partial charge in [0, 0.05) is 94.2 Å². The van der Waals surface area contributed by atoms with Crippen molar-refractivity contribution < 1.29 is 9.18 Å². The molecule has 1 aromatic carbocycles. The van der Waals surface area contributed by atoms with Crippen molar-refractivity contribution in [3.63, 3.8) is 0 Å². The molecule has 1 aliphatic heterocycles. The van der Waals surface area contributed by atoms with Gasteiger partial charge in [-0.2, -0.15) is 0 Å². The molecular formula is C29H31FN6O2. The van der Waals surface area contributed by atoms with Crippen molar-refractivity contribution in [2.75, 3.05) is 39.5 Å². The van der Waals surface area contributed by atoms with E-state index in [9.17, 15) is 14.0 Å². The molecule has 0 saturated heterocycles. The predicted octanol–water partition coefficient (Wildman–Crippen LogP) is 3.90. The normalized spacial score (nSPS) is 14.0. The summed E-state index contributed by atoms with van der Waals surface area (Å²) in [5.41, 5.74) is 5.17. The van der Waals surface area contributed by atoms with Crippen LogP contribution in [0.5, 0.6) is 0 Å². The second-order valence-corrected chi connectivity index (χ2v) is 9.74. The van der Waals surface area contributed by atoms with E-state index in [1.807, 2.05) is 19.2 Å². The number of anilines is 1. The van der Waals surface area contributed by atoms with Gasteiger partial charge in [-0.3, -0.25) is 19.1 Å². The number of nitrogens with zero attached hydrogens (tertiary/aromatic N) is 5. The number of amides is 1. The minimum atomic E-state index is -0.373. The molecule has 0 atom stereocenters. The van der Waals surface area contributed by atoms with Gasteiger partial charge in [-0.1, -0.05) is 12.1 Å². The van der Waals surface area contributed by atoms with Crippen LogP contribution in [0, 0.1) is 5.82 Å². The van der Waals surface area contributed by atoms with E-state index in [1.54, 1.807) is 56.3 Å². The second-order valence-electron chi connectivity index (χ2n) is 9.74. The highest BCUT2D eigenvalue weighted by Gasteiger charge is 2.20. The lowest BCUT2D eigenvalue weighted by atomic mass is 9.97. The number of pyridine rings is 2. The first-order valence-electron chi connectivity index (χ1n) is 12.5. The summed E-state index contributed by atoms with van der Waals surface area (Å²) in [5.74, 6) is -0.589. The van der Waals surface area contributed by atoms with Gasteiger partial charge in [0.25, 0.3) is 11.5 Å². The Bertz CT molecular complexity index is 1620. The predicted molar refractivity (Wildman–Crippen MR) is 148 cm³/mol.